The third-order valence-corrected chi connectivity index (χ3v) is 3.09. The Morgan fingerprint density at radius 2 is 1.94 bits per heavy atom. The summed E-state index contributed by atoms with van der Waals surface area (Å²) in [5, 5.41) is 0. The molecular weight excluding hydrogens is 216 g/mol. The Labute approximate surface area is 100 Å². The number of hydrogen-bond acceptors (Lipinski definition) is 3. The lowest BCUT2D eigenvalue weighted by molar-refractivity contribution is -0.124. The molecule has 17 heavy (non-hydrogen) atoms. The first-order chi connectivity index (χ1) is 7.83. The fourth-order valence-electron chi connectivity index (χ4n) is 2.12. The van der Waals surface area contributed by atoms with Gasteiger partial charge in [-0.1, -0.05) is 13.8 Å². The van der Waals surface area contributed by atoms with Gasteiger partial charge in [0.05, 0.1) is 11.1 Å². The highest BCUT2D eigenvalue weighted by Gasteiger charge is 2.45. The zero-order valence-corrected chi connectivity index (χ0v) is 10.3. The van der Waals surface area contributed by atoms with Crippen LogP contribution in [0.5, 0.6) is 0 Å². The van der Waals surface area contributed by atoms with E-state index in [9.17, 15) is 9.59 Å². The SMILES string of the molecule is Cc1cc(N)ccc1N1C(=O)CC(C)(C)C1=O. The first-order valence-corrected chi connectivity index (χ1v) is 5.56. The van der Waals surface area contributed by atoms with Crippen molar-refractivity contribution in [2.75, 3.05) is 10.6 Å². The second kappa shape index (κ2) is 3.58. The van der Waals surface area contributed by atoms with Crippen LogP contribution < -0.4 is 10.6 Å². The van der Waals surface area contributed by atoms with E-state index in [0.717, 1.165) is 5.56 Å². The number of carbonyl (C=O) groups excluding carboxylic acids is 2. The molecule has 4 heteroatoms. The van der Waals surface area contributed by atoms with E-state index >= 15 is 0 Å². The number of aryl methyl sites for hydroxylation is 1. The van der Waals surface area contributed by atoms with Gasteiger partial charge in [-0.25, -0.2) is 4.90 Å². The molecule has 0 saturated carbocycles. The molecule has 0 aromatic heterocycles. The number of rotatable bonds is 1. The van der Waals surface area contributed by atoms with Gasteiger partial charge in [0.1, 0.15) is 0 Å². The monoisotopic (exact) mass is 232 g/mol. The predicted octanol–water partition coefficient (Wildman–Crippen LogP) is 1.87. The average Bonchev–Trinajstić information content (AvgIpc) is 2.39. The Kier molecular flexibility index (Phi) is 2.45. The maximum atomic E-state index is 12.1. The van der Waals surface area contributed by atoms with Crippen molar-refractivity contribution in [3.05, 3.63) is 23.8 Å². The molecule has 1 fully saturated rings. The largest absolute Gasteiger partial charge is 0.399 e. The van der Waals surface area contributed by atoms with Crippen molar-refractivity contribution in [1.82, 2.24) is 0 Å². The van der Waals surface area contributed by atoms with Crippen LogP contribution in [0.2, 0.25) is 0 Å². The molecule has 1 aromatic carbocycles. The van der Waals surface area contributed by atoms with Crippen LogP contribution >= 0.6 is 0 Å². The highest BCUT2D eigenvalue weighted by atomic mass is 16.2. The summed E-state index contributed by atoms with van der Waals surface area (Å²) in [6.45, 7) is 5.43. The molecule has 1 heterocycles. The molecule has 0 radical (unpaired) electrons. The van der Waals surface area contributed by atoms with E-state index in [4.69, 9.17) is 5.73 Å². The summed E-state index contributed by atoms with van der Waals surface area (Å²) >= 11 is 0. The van der Waals surface area contributed by atoms with Crippen LogP contribution in [0.1, 0.15) is 25.8 Å². The number of hydrogen-bond donors (Lipinski definition) is 1. The predicted molar refractivity (Wildman–Crippen MR) is 66.5 cm³/mol. The summed E-state index contributed by atoms with van der Waals surface area (Å²) in [6.07, 6.45) is 0.260. The Morgan fingerprint density at radius 3 is 2.41 bits per heavy atom. The minimum absolute atomic E-state index is 0.143. The number of nitrogens with zero attached hydrogens (tertiary/aromatic N) is 1. The quantitative estimate of drug-likeness (QED) is 0.594. The molecule has 90 valence electrons. The summed E-state index contributed by atoms with van der Waals surface area (Å²) in [6, 6.07) is 5.19. The number of carbonyl (C=O) groups is 2. The second-order valence-electron chi connectivity index (χ2n) is 5.14. The summed E-state index contributed by atoms with van der Waals surface area (Å²) in [7, 11) is 0. The van der Waals surface area contributed by atoms with Crippen LogP contribution in [0, 0.1) is 12.3 Å². The number of nitrogen functional groups attached to an aromatic ring is 1. The molecule has 0 unspecified atom stereocenters. The molecule has 0 spiro atoms. The maximum absolute atomic E-state index is 12.1. The summed E-state index contributed by atoms with van der Waals surface area (Å²) in [5.41, 5.74) is 7.16. The first kappa shape index (κ1) is 11.6. The summed E-state index contributed by atoms with van der Waals surface area (Å²) < 4.78 is 0. The van der Waals surface area contributed by atoms with Crippen molar-refractivity contribution in [3.63, 3.8) is 0 Å². The zero-order chi connectivity index (χ0) is 12.8. The molecule has 1 aliphatic rings. The fourth-order valence-corrected chi connectivity index (χ4v) is 2.12. The minimum Gasteiger partial charge on any atom is -0.399 e. The van der Waals surface area contributed by atoms with Gasteiger partial charge in [-0.3, -0.25) is 9.59 Å². The van der Waals surface area contributed by atoms with Crippen LogP contribution in [0.25, 0.3) is 0 Å². The van der Waals surface area contributed by atoms with Gasteiger partial charge in [-0.15, -0.1) is 0 Å². The molecule has 0 bridgehead atoms. The van der Waals surface area contributed by atoms with E-state index in [1.165, 1.54) is 4.90 Å². The van der Waals surface area contributed by atoms with Gasteiger partial charge in [-0.05, 0) is 30.7 Å². The number of benzene rings is 1. The molecule has 0 aliphatic carbocycles. The average molecular weight is 232 g/mol. The maximum Gasteiger partial charge on any atom is 0.239 e. The molecule has 2 amide bonds. The normalized spacial score (nSPS) is 18.9. The van der Waals surface area contributed by atoms with Crippen molar-refractivity contribution in [1.29, 1.82) is 0 Å². The van der Waals surface area contributed by atoms with Gasteiger partial charge in [-0.2, -0.15) is 0 Å². The van der Waals surface area contributed by atoms with Crippen molar-refractivity contribution < 1.29 is 9.59 Å². The van der Waals surface area contributed by atoms with E-state index in [1.807, 2.05) is 6.92 Å². The Balaban J connectivity index is 2.48. The standard InChI is InChI=1S/C13H16N2O2/c1-8-6-9(14)4-5-10(8)15-11(16)7-13(2,3)12(15)17/h4-6H,7,14H2,1-3H3. The van der Waals surface area contributed by atoms with Crippen molar-refractivity contribution in [2.24, 2.45) is 5.41 Å². The number of nitrogens with two attached hydrogens (primary N) is 1. The number of amides is 2. The molecule has 1 aromatic rings. The molecule has 2 N–H and O–H groups in total. The summed E-state index contributed by atoms with van der Waals surface area (Å²) in [5.74, 6) is -0.289. The third kappa shape index (κ3) is 1.79. The topological polar surface area (TPSA) is 63.4 Å². The van der Waals surface area contributed by atoms with Gasteiger partial charge in [0.15, 0.2) is 0 Å². The van der Waals surface area contributed by atoms with Gasteiger partial charge < -0.3 is 5.73 Å². The van der Waals surface area contributed by atoms with Gasteiger partial charge in [0.25, 0.3) is 0 Å². The Bertz CT molecular complexity index is 506. The Morgan fingerprint density at radius 1 is 1.29 bits per heavy atom. The number of anilines is 2. The van der Waals surface area contributed by atoms with Gasteiger partial charge in [0, 0.05) is 12.1 Å². The number of imide groups is 1. The molecule has 0 atom stereocenters. The van der Waals surface area contributed by atoms with E-state index < -0.39 is 5.41 Å². The van der Waals surface area contributed by atoms with E-state index in [0.29, 0.717) is 11.4 Å². The molecule has 1 saturated heterocycles. The molecule has 2 rings (SSSR count). The highest BCUT2D eigenvalue weighted by molar-refractivity contribution is 6.22. The van der Waals surface area contributed by atoms with Crippen LogP contribution in [0.15, 0.2) is 18.2 Å². The zero-order valence-electron chi connectivity index (χ0n) is 10.3. The fraction of sp³-hybridized carbons (Fsp3) is 0.385. The Hall–Kier alpha value is -1.84. The van der Waals surface area contributed by atoms with Crippen molar-refractivity contribution in [2.45, 2.75) is 27.2 Å². The highest BCUT2D eigenvalue weighted by Crippen LogP contribution is 2.36. The van der Waals surface area contributed by atoms with Crippen molar-refractivity contribution in [3.8, 4) is 0 Å². The first-order valence-electron chi connectivity index (χ1n) is 5.56. The van der Waals surface area contributed by atoms with E-state index in [2.05, 4.69) is 0 Å². The summed E-state index contributed by atoms with van der Waals surface area (Å²) in [4.78, 5) is 25.3. The lowest BCUT2D eigenvalue weighted by Crippen LogP contribution is -2.33. The van der Waals surface area contributed by atoms with Crippen LogP contribution in [0.4, 0.5) is 11.4 Å². The second-order valence-corrected chi connectivity index (χ2v) is 5.14. The molecule has 1 aliphatic heterocycles. The van der Waals surface area contributed by atoms with Crippen LogP contribution in [0.3, 0.4) is 0 Å². The van der Waals surface area contributed by atoms with E-state index in [-0.39, 0.29) is 18.2 Å². The van der Waals surface area contributed by atoms with Gasteiger partial charge in [0.2, 0.25) is 11.8 Å². The smallest absolute Gasteiger partial charge is 0.239 e. The molecule has 4 nitrogen and oxygen atoms in total. The van der Waals surface area contributed by atoms with Crippen LogP contribution in [-0.4, -0.2) is 11.8 Å². The third-order valence-electron chi connectivity index (χ3n) is 3.09. The lowest BCUT2D eigenvalue weighted by atomic mass is 9.92. The van der Waals surface area contributed by atoms with Crippen LogP contribution in [-0.2, 0) is 9.59 Å². The van der Waals surface area contributed by atoms with Gasteiger partial charge >= 0.3 is 0 Å². The molecular formula is C13H16N2O2. The lowest BCUT2D eigenvalue weighted by Gasteiger charge is -2.19. The van der Waals surface area contributed by atoms with Crippen molar-refractivity contribution >= 4 is 23.2 Å². The van der Waals surface area contributed by atoms with E-state index in [1.54, 1.807) is 32.0 Å². The minimum atomic E-state index is -0.606.